The monoisotopic (exact) mass is 327 g/mol. The van der Waals surface area contributed by atoms with Gasteiger partial charge >= 0.3 is 5.97 Å². The van der Waals surface area contributed by atoms with Crippen LogP contribution < -0.4 is 5.73 Å². The maximum Gasteiger partial charge on any atom is 0.323 e. The first-order chi connectivity index (χ1) is 10.1. The highest BCUT2D eigenvalue weighted by atomic mass is 35.5. The molecule has 8 heteroatoms. The Balaban J connectivity index is 1.92. The van der Waals surface area contributed by atoms with Gasteiger partial charge in [-0.15, -0.1) is 0 Å². The van der Waals surface area contributed by atoms with Crippen LogP contribution >= 0.6 is 23.4 Å². The number of benzene rings is 1. The molecule has 0 saturated carbocycles. The van der Waals surface area contributed by atoms with E-state index in [0.29, 0.717) is 33.8 Å². The van der Waals surface area contributed by atoms with Gasteiger partial charge in [-0.25, -0.2) is 0 Å². The third kappa shape index (κ3) is 4.20. The average molecular weight is 328 g/mol. The van der Waals surface area contributed by atoms with Crippen LogP contribution in [0.5, 0.6) is 0 Å². The first-order valence-electron chi connectivity index (χ1n) is 6.10. The zero-order valence-electron chi connectivity index (χ0n) is 11.3. The number of methoxy groups -OCH3 is 1. The third-order valence-corrected chi connectivity index (χ3v) is 3.99. The first-order valence-corrected chi connectivity index (χ1v) is 7.63. The molecule has 0 aliphatic heterocycles. The third-order valence-electron chi connectivity index (χ3n) is 2.60. The molecular formula is C13H14ClN3O3S. The summed E-state index contributed by atoms with van der Waals surface area (Å²) < 4.78 is 9.72. The Kier molecular flexibility index (Phi) is 5.60. The molecule has 2 rings (SSSR count). The topological polar surface area (TPSA) is 91.2 Å². The van der Waals surface area contributed by atoms with Crippen molar-refractivity contribution in [2.75, 3.05) is 12.9 Å². The number of carbonyl (C=O) groups is 1. The van der Waals surface area contributed by atoms with Crippen molar-refractivity contribution in [1.29, 1.82) is 0 Å². The average Bonchev–Trinajstić information content (AvgIpc) is 2.95. The van der Waals surface area contributed by atoms with Crippen LogP contribution in [-0.4, -0.2) is 35.0 Å². The highest BCUT2D eigenvalue weighted by molar-refractivity contribution is 7.98. The number of esters is 1. The predicted molar refractivity (Wildman–Crippen MR) is 80.9 cm³/mol. The molecule has 0 fully saturated rings. The van der Waals surface area contributed by atoms with E-state index in [4.69, 9.17) is 21.9 Å². The highest BCUT2D eigenvalue weighted by Gasteiger charge is 2.15. The fourth-order valence-corrected chi connectivity index (χ4v) is 2.58. The van der Waals surface area contributed by atoms with E-state index in [1.165, 1.54) is 18.9 Å². The zero-order chi connectivity index (χ0) is 15.2. The van der Waals surface area contributed by atoms with E-state index < -0.39 is 12.0 Å². The minimum absolute atomic E-state index is 0.369. The number of hydrogen-bond acceptors (Lipinski definition) is 7. The van der Waals surface area contributed by atoms with Gasteiger partial charge in [0.1, 0.15) is 6.04 Å². The predicted octanol–water partition coefficient (Wildman–Crippen LogP) is 2.12. The maximum atomic E-state index is 11.2. The molecule has 0 aliphatic rings. The van der Waals surface area contributed by atoms with Gasteiger partial charge in [0.2, 0.25) is 0 Å². The van der Waals surface area contributed by atoms with Gasteiger partial charge in [0.15, 0.2) is 5.82 Å². The van der Waals surface area contributed by atoms with Crippen LogP contribution in [0.3, 0.4) is 0 Å². The van der Waals surface area contributed by atoms with Crippen LogP contribution in [0.2, 0.25) is 5.02 Å². The van der Waals surface area contributed by atoms with Crippen LogP contribution in [0.25, 0.3) is 11.5 Å². The zero-order valence-corrected chi connectivity index (χ0v) is 12.9. The smallest absolute Gasteiger partial charge is 0.323 e. The lowest BCUT2D eigenvalue weighted by Crippen LogP contribution is -2.33. The summed E-state index contributed by atoms with van der Waals surface area (Å²) >= 11 is 7.49. The number of rotatable bonds is 6. The molecule has 0 aliphatic carbocycles. The lowest BCUT2D eigenvalue weighted by Gasteiger charge is -2.06. The van der Waals surface area contributed by atoms with E-state index in [0.717, 1.165) is 0 Å². The summed E-state index contributed by atoms with van der Waals surface area (Å²) in [5.74, 6) is 1.36. The minimum Gasteiger partial charge on any atom is -0.468 e. The molecule has 0 radical (unpaired) electrons. The molecule has 0 bridgehead atoms. The molecule has 0 saturated heterocycles. The normalized spacial score (nSPS) is 12.1. The quantitative estimate of drug-likeness (QED) is 0.812. The molecule has 1 aromatic carbocycles. The van der Waals surface area contributed by atoms with Gasteiger partial charge in [-0.1, -0.05) is 28.9 Å². The maximum absolute atomic E-state index is 11.2. The van der Waals surface area contributed by atoms with Crippen LogP contribution in [0.4, 0.5) is 0 Å². The number of halogens is 1. The Labute approximate surface area is 131 Å². The number of carbonyl (C=O) groups excluding carboxylic acids is 1. The van der Waals surface area contributed by atoms with Crippen LogP contribution in [-0.2, 0) is 15.3 Å². The van der Waals surface area contributed by atoms with Gasteiger partial charge in [0.05, 0.1) is 23.4 Å². The summed E-state index contributed by atoms with van der Waals surface area (Å²) in [6.45, 7) is 0. The molecule has 1 heterocycles. The number of ether oxygens (including phenoxy) is 1. The van der Waals surface area contributed by atoms with E-state index in [9.17, 15) is 4.79 Å². The van der Waals surface area contributed by atoms with Crippen molar-refractivity contribution in [3.05, 3.63) is 35.1 Å². The second-order valence-corrected chi connectivity index (χ2v) is 5.58. The molecule has 0 amide bonds. The number of nitrogens with zero attached hydrogens (tertiary/aromatic N) is 2. The molecule has 1 atom stereocenters. The van der Waals surface area contributed by atoms with Crippen molar-refractivity contribution in [1.82, 2.24) is 10.1 Å². The van der Waals surface area contributed by atoms with Crippen molar-refractivity contribution < 1.29 is 14.1 Å². The molecule has 6 nitrogen and oxygen atoms in total. The van der Waals surface area contributed by atoms with E-state index in [1.54, 1.807) is 12.1 Å². The summed E-state index contributed by atoms with van der Waals surface area (Å²) in [6, 6.07) is 6.57. The standard InChI is InChI=1S/C13H14ClN3O3S/c1-19-13(18)10(15)6-21-7-11-16-12(20-17-11)8-4-2-3-5-9(8)14/h2-5,10H,6-7,15H2,1H3. The largest absolute Gasteiger partial charge is 0.468 e. The fraction of sp³-hybridized carbons (Fsp3) is 0.308. The van der Waals surface area contributed by atoms with E-state index >= 15 is 0 Å². The van der Waals surface area contributed by atoms with Crippen molar-refractivity contribution >= 4 is 29.3 Å². The van der Waals surface area contributed by atoms with E-state index in [1.807, 2.05) is 12.1 Å². The lowest BCUT2D eigenvalue weighted by molar-refractivity contribution is -0.141. The Morgan fingerprint density at radius 2 is 2.29 bits per heavy atom. The Morgan fingerprint density at radius 1 is 1.52 bits per heavy atom. The summed E-state index contributed by atoms with van der Waals surface area (Å²) in [5, 5.41) is 4.42. The van der Waals surface area contributed by atoms with Gasteiger partial charge in [-0.05, 0) is 12.1 Å². The highest BCUT2D eigenvalue weighted by Crippen LogP contribution is 2.26. The Morgan fingerprint density at radius 3 is 3.00 bits per heavy atom. The number of nitrogens with two attached hydrogens (primary N) is 1. The van der Waals surface area contributed by atoms with Gasteiger partial charge in [-0.3, -0.25) is 4.79 Å². The molecule has 0 spiro atoms. The SMILES string of the molecule is COC(=O)C(N)CSCc1noc(-c2ccccc2Cl)n1. The molecule has 2 aromatic rings. The number of thioether (sulfide) groups is 1. The van der Waals surface area contributed by atoms with Crippen molar-refractivity contribution in [3.8, 4) is 11.5 Å². The van der Waals surface area contributed by atoms with Crippen LogP contribution in [0, 0.1) is 0 Å². The van der Waals surface area contributed by atoms with E-state index in [-0.39, 0.29) is 0 Å². The molecular weight excluding hydrogens is 314 g/mol. The number of aromatic nitrogens is 2. The second kappa shape index (κ2) is 7.44. The van der Waals surface area contributed by atoms with Crippen LogP contribution in [0.15, 0.2) is 28.8 Å². The van der Waals surface area contributed by atoms with Gasteiger partial charge in [0.25, 0.3) is 5.89 Å². The summed E-state index contributed by atoms with van der Waals surface area (Å²) in [7, 11) is 1.31. The summed E-state index contributed by atoms with van der Waals surface area (Å²) in [4.78, 5) is 15.4. The molecule has 112 valence electrons. The van der Waals surface area contributed by atoms with Gasteiger partial charge < -0.3 is 15.0 Å². The summed E-state index contributed by atoms with van der Waals surface area (Å²) in [5.41, 5.74) is 6.32. The minimum atomic E-state index is -0.657. The van der Waals surface area contributed by atoms with Gasteiger partial charge in [-0.2, -0.15) is 16.7 Å². The first kappa shape index (κ1) is 15.8. The number of hydrogen-bond donors (Lipinski definition) is 1. The molecule has 2 N–H and O–H groups in total. The van der Waals surface area contributed by atoms with Crippen molar-refractivity contribution in [2.45, 2.75) is 11.8 Å². The van der Waals surface area contributed by atoms with Crippen molar-refractivity contribution in [3.63, 3.8) is 0 Å². The second-order valence-electron chi connectivity index (χ2n) is 4.14. The lowest BCUT2D eigenvalue weighted by atomic mass is 10.2. The van der Waals surface area contributed by atoms with Gasteiger partial charge in [0, 0.05) is 5.75 Å². The molecule has 1 aromatic heterocycles. The Bertz CT molecular complexity index is 620. The fourth-order valence-electron chi connectivity index (χ4n) is 1.55. The van der Waals surface area contributed by atoms with E-state index in [2.05, 4.69) is 14.9 Å². The summed E-state index contributed by atoms with van der Waals surface area (Å²) in [6.07, 6.45) is 0. The molecule has 1 unspecified atom stereocenters. The van der Waals surface area contributed by atoms with Crippen LogP contribution in [0.1, 0.15) is 5.82 Å². The molecule has 21 heavy (non-hydrogen) atoms. The Hall–Kier alpha value is -1.57. The van der Waals surface area contributed by atoms with Crippen molar-refractivity contribution in [2.24, 2.45) is 5.73 Å².